The van der Waals surface area contributed by atoms with Crippen LogP contribution in [-0.4, -0.2) is 27.6 Å². The minimum atomic E-state index is -4.90. The fourth-order valence-electron chi connectivity index (χ4n) is 2.39. The summed E-state index contributed by atoms with van der Waals surface area (Å²) in [6, 6.07) is 1.95. The number of ether oxygens (including phenoxy) is 2. The molecular formula is C18H20BrF4N3O3. The molecule has 0 fully saturated rings. The third-order valence-electron chi connectivity index (χ3n) is 3.24. The second kappa shape index (κ2) is 8.21. The van der Waals surface area contributed by atoms with E-state index >= 15 is 0 Å². The first-order chi connectivity index (χ1) is 13.2. The molecule has 160 valence electrons. The zero-order valence-corrected chi connectivity index (χ0v) is 17.9. The van der Waals surface area contributed by atoms with E-state index in [1.165, 1.54) is 0 Å². The summed E-state index contributed by atoms with van der Waals surface area (Å²) >= 11 is 3.07. The normalized spacial score (nSPS) is 12.2. The molecule has 0 aliphatic carbocycles. The van der Waals surface area contributed by atoms with E-state index in [1.807, 2.05) is 0 Å². The van der Waals surface area contributed by atoms with E-state index in [0.717, 1.165) is 18.3 Å². The summed E-state index contributed by atoms with van der Waals surface area (Å²) in [6.45, 7) is 8.02. The number of nitrogens with one attached hydrogen (secondary N) is 1. The maximum absolute atomic E-state index is 13.8. The highest BCUT2D eigenvalue weighted by Crippen LogP contribution is 2.41. The minimum absolute atomic E-state index is 0.00873. The largest absolute Gasteiger partial charge is 0.489 e. The van der Waals surface area contributed by atoms with Crippen LogP contribution in [-0.2, 0) is 10.9 Å². The Morgan fingerprint density at radius 2 is 1.86 bits per heavy atom. The van der Waals surface area contributed by atoms with Gasteiger partial charge in [-0.25, -0.2) is 13.9 Å². The van der Waals surface area contributed by atoms with Crippen LogP contribution in [0.1, 0.15) is 40.3 Å². The lowest BCUT2D eigenvalue weighted by molar-refractivity contribution is -0.142. The molecule has 1 heterocycles. The molecule has 1 N–H and O–H groups in total. The summed E-state index contributed by atoms with van der Waals surface area (Å²) in [5.41, 5.74) is -2.95. The number of carbonyl (C=O) groups excluding carboxylic acids is 1. The highest BCUT2D eigenvalue weighted by atomic mass is 79.9. The van der Waals surface area contributed by atoms with Gasteiger partial charge in [-0.1, -0.05) is 0 Å². The Hall–Kier alpha value is -2.30. The maximum Gasteiger partial charge on any atom is 0.435 e. The first kappa shape index (κ1) is 23.0. The number of anilines is 1. The Bertz CT molecular complexity index is 905. The fraction of sp³-hybridized carbons (Fsp3) is 0.444. The van der Waals surface area contributed by atoms with Gasteiger partial charge in [0, 0.05) is 10.5 Å². The standard InChI is InChI=1S/C18H20BrF4N3O3/c1-9(2)28-13-7-10(20)6-11(19)14(13)26-15(18(21,22)23)12(8-24-26)25-16(27)29-17(3,4)5/h6-9H,1-5H3,(H,25,27). The van der Waals surface area contributed by atoms with Gasteiger partial charge in [0.05, 0.1) is 18.0 Å². The molecule has 0 spiro atoms. The second-order valence-corrected chi connectivity index (χ2v) is 8.20. The van der Waals surface area contributed by atoms with Gasteiger partial charge >= 0.3 is 12.3 Å². The van der Waals surface area contributed by atoms with Crippen molar-refractivity contribution < 1.29 is 31.8 Å². The molecule has 0 aliphatic heterocycles. The van der Waals surface area contributed by atoms with Crippen LogP contribution in [0.5, 0.6) is 5.75 Å². The maximum atomic E-state index is 13.8. The highest BCUT2D eigenvalue weighted by Gasteiger charge is 2.40. The van der Waals surface area contributed by atoms with Crippen LogP contribution in [0.4, 0.5) is 28.0 Å². The van der Waals surface area contributed by atoms with Crippen LogP contribution in [0.15, 0.2) is 22.8 Å². The van der Waals surface area contributed by atoms with Crippen LogP contribution in [0.3, 0.4) is 0 Å². The van der Waals surface area contributed by atoms with Crippen LogP contribution >= 0.6 is 15.9 Å². The average molecular weight is 482 g/mol. The molecular weight excluding hydrogens is 462 g/mol. The molecule has 0 aliphatic rings. The van der Waals surface area contributed by atoms with Crippen molar-refractivity contribution in [1.29, 1.82) is 0 Å². The number of aromatic nitrogens is 2. The third-order valence-corrected chi connectivity index (χ3v) is 3.85. The van der Waals surface area contributed by atoms with E-state index in [9.17, 15) is 22.4 Å². The van der Waals surface area contributed by atoms with Crippen LogP contribution in [0.25, 0.3) is 5.69 Å². The first-order valence-electron chi connectivity index (χ1n) is 8.50. The lowest BCUT2D eigenvalue weighted by atomic mass is 10.2. The first-order valence-corrected chi connectivity index (χ1v) is 9.29. The zero-order chi connectivity index (χ0) is 22.1. The molecule has 2 aromatic rings. The lowest BCUT2D eigenvalue weighted by Gasteiger charge is -2.21. The van der Waals surface area contributed by atoms with Gasteiger partial charge in [-0.05, 0) is 56.6 Å². The van der Waals surface area contributed by atoms with Gasteiger partial charge in [0.1, 0.15) is 22.9 Å². The number of nitrogens with zero attached hydrogens (tertiary/aromatic N) is 2. The monoisotopic (exact) mass is 481 g/mol. The van der Waals surface area contributed by atoms with Gasteiger partial charge in [0.25, 0.3) is 0 Å². The van der Waals surface area contributed by atoms with E-state index in [0.29, 0.717) is 4.68 Å². The van der Waals surface area contributed by atoms with E-state index in [1.54, 1.807) is 34.6 Å². The summed E-state index contributed by atoms with van der Waals surface area (Å²) in [5.74, 6) is -0.853. The van der Waals surface area contributed by atoms with Crippen molar-refractivity contribution in [2.45, 2.75) is 52.5 Å². The molecule has 0 saturated carbocycles. The number of carbonyl (C=O) groups is 1. The molecule has 0 bridgehead atoms. The van der Waals surface area contributed by atoms with Crippen LogP contribution in [0, 0.1) is 5.82 Å². The number of benzene rings is 1. The van der Waals surface area contributed by atoms with Crippen molar-refractivity contribution in [2.75, 3.05) is 5.32 Å². The van der Waals surface area contributed by atoms with Crippen LogP contribution < -0.4 is 10.1 Å². The van der Waals surface area contributed by atoms with E-state index in [4.69, 9.17) is 9.47 Å². The molecule has 1 aromatic heterocycles. The van der Waals surface area contributed by atoms with Crippen molar-refractivity contribution in [2.24, 2.45) is 0 Å². The minimum Gasteiger partial charge on any atom is -0.489 e. The summed E-state index contributed by atoms with van der Waals surface area (Å²) in [4.78, 5) is 12.0. The van der Waals surface area contributed by atoms with Crippen molar-refractivity contribution in [3.63, 3.8) is 0 Å². The summed E-state index contributed by atoms with van der Waals surface area (Å²) < 4.78 is 66.3. The van der Waals surface area contributed by atoms with Gasteiger partial charge in [-0.15, -0.1) is 0 Å². The Balaban J connectivity index is 2.61. The van der Waals surface area contributed by atoms with Crippen LogP contribution in [0.2, 0.25) is 0 Å². The predicted octanol–water partition coefficient (Wildman–Crippen LogP) is 5.93. The van der Waals surface area contributed by atoms with Crippen molar-refractivity contribution in [1.82, 2.24) is 9.78 Å². The van der Waals surface area contributed by atoms with Gasteiger partial charge < -0.3 is 9.47 Å². The smallest absolute Gasteiger partial charge is 0.435 e. The molecule has 0 saturated heterocycles. The van der Waals surface area contributed by atoms with E-state index in [2.05, 4.69) is 26.3 Å². The highest BCUT2D eigenvalue weighted by molar-refractivity contribution is 9.10. The molecule has 6 nitrogen and oxygen atoms in total. The Labute approximate surface area is 173 Å². The number of rotatable bonds is 4. The van der Waals surface area contributed by atoms with Gasteiger partial charge in [-0.3, -0.25) is 5.32 Å². The Kier molecular flexibility index (Phi) is 6.51. The number of halogens is 5. The number of alkyl halides is 3. The third kappa shape index (κ3) is 5.84. The summed E-state index contributed by atoms with van der Waals surface area (Å²) in [7, 11) is 0. The molecule has 0 atom stereocenters. The van der Waals surface area contributed by atoms with Gasteiger partial charge in [0.15, 0.2) is 5.69 Å². The topological polar surface area (TPSA) is 65.4 Å². The summed E-state index contributed by atoms with van der Waals surface area (Å²) in [6.07, 6.45) is -5.57. The van der Waals surface area contributed by atoms with Crippen molar-refractivity contribution in [3.8, 4) is 11.4 Å². The zero-order valence-electron chi connectivity index (χ0n) is 16.3. The van der Waals surface area contributed by atoms with E-state index < -0.39 is 41.2 Å². The average Bonchev–Trinajstić information content (AvgIpc) is 2.86. The van der Waals surface area contributed by atoms with E-state index in [-0.39, 0.29) is 15.9 Å². The Morgan fingerprint density at radius 1 is 1.24 bits per heavy atom. The number of amides is 1. The predicted molar refractivity (Wildman–Crippen MR) is 102 cm³/mol. The molecule has 2 rings (SSSR count). The molecule has 0 radical (unpaired) electrons. The SMILES string of the molecule is CC(C)Oc1cc(F)cc(Br)c1-n1ncc(NC(=O)OC(C)(C)C)c1C(F)(F)F. The molecule has 0 unspecified atom stereocenters. The Morgan fingerprint density at radius 3 is 2.38 bits per heavy atom. The molecule has 29 heavy (non-hydrogen) atoms. The second-order valence-electron chi connectivity index (χ2n) is 7.34. The van der Waals surface area contributed by atoms with Crippen molar-refractivity contribution in [3.05, 3.63) is 34.3 Å². The molecule has 1 aromatic carbocycles. The molecule has 11 heteroatoms. The van der Waals surface area contributed by atoms with Gasteiger partial charge in [0.2, 0.25) is 0 Å². The van der Waals surface area contributed by atoms with Crippen molar-refractivity contribution >= 4 is 27.7 Å². The lowest BCUT2D eigenvalue weighted by Crippen LogP contribution is -2.28. The summed E-state index contributed by atoms with van der Waals surface area (Å²) in [5, 5.41) is 5.81. The molecule has 1 amide bonds. The quantitative estimate of drug-likeness (QED) is 0.549. The number of hydrogen-bond acceptors (Lipinski definition) is 4. The fourth-order valence-corrected chi connectivity index (χ4v) is 2.97. The van der Waals surface area contributed by atoms with Gasteiger partial charge in [-0.2, -0.15) is 18.3 Å². The number of hydrogen-bond donors (Lipinski definition) is 1.